The second kappa shape index (κ2) is 8.45. The first-order chi connectivity index (χ1) is 11.7. The lowest BCUT2D eigenvalue weighted by atomic mass is 9.90. The predicted molar refractivity (Wildman–Crippen MR) is 101 cm³/mol. The molecular formula is C20H24BrN2O+. The second-order valence-electron chi connectivity index (χ2n) is 6.59. The van der Waals surface area contributed by atoms with Crippen LogP contribution < -0.4 is 10.2 Å². The van der Waals surface area contributed by atoms with E-state index in [0.717, 1.165) is 35.6 Å². The van der Waals surface area contributed by atoms with Crippen LogP contribution in [0.2, 0.25) is 0 Å². The Hall–Kier alpha value is -1.65. The molecule has 4 heteroatoms. The van der Waals surface area contributed by atoms with Gasteiger partial charge in [-0.05, 0) is 58.8 Å². The summed E-state index contributed by atoms with van der Waals surface area (Å²) >= 11 is 3.47. The van der Waals surface area contributed by atoms with E-state index in [1.54, 1.807) is 0 Å². The topological polar surface area (TPSA) is 33.5 Å². The van der Waals surface area contributed by atoms with Gasteiger partial charge < -0.3 is 10.2 Å². The third kappa shape index (κ3) is 4.92. The monoisotopic (exact) mass is 387 g/mol. The Morgan fingerprint density at radius 3 is 2.42 bits per heavy atom. The van der Waals surface area contributed by atoms with Gasteiger partial charge >= 0.3 is 0 Å². The van der Waals surface area contributed by atoms with E-state index in [0.29, 0.717) is 6.54 Å². The van der Waals surface area contributed by atoms with E-state index in [1.807, 2.05) is 24.3 Å². The van der Waals surface area contributed by atoms with E-state index in [-0.39, 0.29) is 5.91 Å². The van der Waals surface area contributed by atoms with E-state index < -0.39 is 0 Å². The highest BCUT2D eigenvalue weighted by atomic mass is 79.9. The van der Waals surface area contributed by atoms with Gasteiger partial charge in [-0.15, -0.1) is 0 Å². The van der Waals surface area contributed by atoms with Crippen molar-refractivity contribution in [3.05, 3.63) is 64.6 Å². The number of rotatable bonds is 5. The van der Waals surface area contributed by atoms with Crippen LogP contribution in [0, 0.1) is 5.92 Å². The number of nitrogens with one attached hydrogen (secondary N) is 2. The Kier molecular flexibility index (Phi) is 6.05. The molecule has 3 rings (SSSR count). The fourth-order valence-corrected chi connectivity index (χ4v) is 3.78. The zero-order valence-electron chi connectivity index (χ0n) is 13.8. The molecule has 0 atom stereocenters. The van der Waals surface area contributed by atoms with Crippen molar-refractivity contribution < 1.29 is 9.69 Å². The predicted octanol–water partition coefficient (Wildman–Crippen LogP) is 2.93. The lowest BCUT2D eigenvalue weighted by molar-refractivity contribution is -0.898. The van der Waals surface area contributed by atoms with Gasteiger partial charge in [0.2, 0.25) is 0 Å². The van der Waals surface area contributed by atoms with Gasteiger partial charge in [0, 0.05) is 4.47 Å². The minimum absolute atomic E-state index is 0.0957. The number of hydrogen-bond acceptors (Lipinski definition) is 1. The minimum atomic E-state index is 0.0957. The number of amides is 1. The van der Waals surface area contributed by atoms with E-state index >= 15 is 0 Å². The summed E-state index contributed by atoms with van der Waals surface area (Å²) < 4.78 is 0.926. The zero-order chi connectivity index (χ0) is 16.8. The highest BCUT2D eigenvalue weighted by molar-refractivity contribution is 9.10. The molecule has 2 aromatic carbocycles. The van der Waals surface area contributed by atoms with Crippen LogP contribution in [-0.2, 0) is 11.2 Å². The van der Waals surface area contributed by atoms with Crippen LogP contribution in [0.1, 0.15) is 18.4 Å². The van der Waals surface area contributed by atoms with Crippen LogP contribution in [-0.4, -0.2) is 25.5 Å². The first kappa shape index (κ1) is 17.2. The second-order valence-corrected chi connectivity index (χ2v) is 7.44. The maximum Gasteiger partial charge on any atom is 0.279 e. The van der Waals surface area contributed by atoms with Gasteiger partial charge in [0.25, 0.3) is 5.91 Å². The Morgan fingerprint density at radius 1 is 1.04 bits per heavy atom. The van der Waals surface area contributed by atoms with Crippen molar-refractivity contribution in [2.75, 3.05) is 25.0 Å². The van der Waals surface area contributed by atoms with Crippen LogP contribution in [0.3, 0.4) is 0 Å². The third-order valence-corrected chi connectivity index (χ3v) is 5.43. The van der Waals surface area contributed by atoms with Crippen LogP contribution in [0.25, 0.3) is 0 Å². The molecule has 1 saturated heterocycles. The van der Waals surface area contributed by atoms with Crippen LogP contribution >= 0.6 is 15.9 Å². The summed E-state index contributed by atoms with van der Waals surface area (Å²) in [6, 6.07) is 18.5. The van der Waals surface area contributed by atoms with Crippen molar-refractivity contribution in [1.29, 1.82) is 0 Å². The van der Waals surface area contributed by atoms with E-state index in [9.17, 15) is 4.79 Å². The molecule has 2 N–H and O–H groups in total. The fourth-order valence-electron chi connectivity index (χ4n) is 3.40. The number of carbonyl (C=O) groups excluding carboxylic acids is 1. The summed E-state index contributed by atoms with van der Waals surface area (Å²) in [6.45, 7) is 2.72. The maximum absolute atomic E-state index is 12.3. The molecule has 1 heterocycles. The van der Waals surface area contributed by atoms with Gasteiger partial charge in [-0.1, -0.05) is 42.5 Å². The molecule has 1 aliphatic heterocycles. The Bertz CT molecular complexity index is 666. The van der Waals surface area contributed by atoms with Crippen molar-refractivity contribution in [2.24, 2.45) is 5.92 Å². The quantitative estimate of drug-likeness (QED) is 0.812. The minimum Gasteiger partial charge on any atom is -0.327 e. The number of carbonyl (C=O) groups is 1. The lowest BCUT2D eigenvalue weighted by Gasteiger charge is -2.29. The Morgan fingerprint density at radius 2 is 1.71 bits per heavy atom. The average molecular weight is 388 g/mol. The number of hydrogen-bond donors (Lipinski definition) is 2. The zero-order valence-corrected chi connectivity index (χ0v) is 15.4. The van der Waals surface area contributed by atoms with E-state index in [4.69, 9.17) is 0 Å². The summed E-state index contributed by atoms with van der Waals surface area (Å²) in [7, 11) is 0. The molecule has 126 valence electrons. The number of likely N-dealkylation sites (tertiary alicyclic amines) is 1. The van der Waals surface area contributed by atoms with Gasteiger partial charge in [-0.3, -0.25) is 4.79 Å². The molecule has 0 aromatic heterocycles. The number of halogens is 1. The van der Waals surface area contributed by atoms with Gasteiger partial charge in [0.05, 0.1) is 18.8 Å². The summed E-state index contributed by atoms with van der Waals surface area (Å²) in [4.78, 5) is 13.6. The summed E-state index contributed by atoms with van der Waals surface area (Å²) in [6.07, 6.45) is 3.57. The molecule has 24 heavy (non-hydrogen) atoms. The normalized spacial score (nSPS) is 20.5. The van der Waals surface area contributed by atoms with Gasteiger partial charge in [0.15, 0.2) is 6.54 Å². The Labute approximate surface area is 152 Å². The summed E-state index contributed by atoms with van der Waals surface area (Å²) in [5.74, 6) is 0.848. The number of anilines is 1. The van der Waals surface area contributed by atoms with Crippen molar-refractivity contribution in [3.63, 3.8) is 0 Å². The molecule has 0 saturated carbocycles. The van der Waals surface area contributed by atoms with Crippen molar-refractivity contribution >= 4 is 27.5 Å². The molecule has 0 spiro atoms. The molecule has 3 nitrogen and oxygen atoms in total. The fraction of sp³-hybridized carbons (Fsp3) is 0.350. The first-order valence-corrected chi connectivity index (χ1v) is 9.42. The molecule has 0 aliphatic carbocycles. The van der Waals surface area contributed by atoms with Crippen molar-refractivity contribution in [2.45, 2.75) is 19.3 Å². The third-order valence-electron chi connectivity index (χ3n) is 4.74. The van der Waals surface area contributed by atoms with Crippen molar-refractivity contribution in [1.82, 2.24) is 0 Å². The summed E-state index contributed by atoms with van der Waals surface area (Å²) in [5, 5.41) is 3.00. The molecule has 0 radical (unpaired) electrons. The highest BCUT2D eigenvalue weighted by Gasteiger charge is 2.24. The molecule has 2 aromatic rings. The molecule has 1 aliphatic rings. The average Bonchev–Trinajstić information content (AvgIpc) is 2.60. The smallest absolute Gasteiger partial charge is 0.279 e. The molecule has 0 bridgehead atoms. The lowest BCUT2D eigenvalue weighted by Crippen LogP contribution is -3.14. The number of piperidine rings is 1. The maximum atomic E-state index is 12.3. The highest BCUT2D eigenvalue weighted by Crippen LogP contribution is 2.21. The molecule has 1 fully saturated rings. The van der Waals surface area contributed by atoms with Gasteiger partial charge in [-0.2, -0.15) is 0 Å². The molecule has 1 amide bonds. The van der Waals surface area contributed by atoms with Gasteiger partial charge in [0.1, 0.15) is 0 Å². The van der Waals surface area contributed by atoms with Crippen LogP contribution in [0.15, 0.2) is 59.1 Å². The summed E-state index contributed by atoms with van der Waals surface area (Å²) in [5.41, 5.74) is 2.28. The van der Waals surface area contributed by atoms with Crippen LogP contribution in [0.5, 0.6) is 0 Å². The molecular weight excluding hydrogens is 364 g/mol. The van der Waals surface area contributed by atoms with Crippen molar-refractivity contribution in [3.8, 4) is 0 Å². The Balaban J connectivity index is 1.43. The largest absolute Gasteiger partial charge is 0.327 e. The standard InChI is InChI=1S/C20H23BrN2O/c21-18-8-4-5-9-19(18)22-20(24)15-23-12-10-17(11-13-23)14-16-6-2-1-3-7-16/h1-9,17H,10-15H2,(H,22,24)/p+1. The number of para-hydroxylation sites is 1. The molecule has 0 unspecified atom stereocenters. The van der Waals surface area contributed by atoms with Gasteiger partial charge in [-0.25, -0.2) is 0 Å². The number of quaternary nitrogens is 1. The van der Waals surface area contributed by atoms with E-state index in [2.05, 4.69) is 51.6 Å². The van der Waals surface area contributed by atoms with Crippen LogP contribution in [0.4, 0.5) is 5.69 Å². The van der Waals surface area contributed by atoms with E-state index in [1.165, 1.54) is 23.3 Å². The SMILES string of the molecule is O=C(C[NH+]1CCC(Cc2ccccc2)CC1)Nc1ccccc1Br. The first-order valence-electron chi connectivity index (χ1n) is 8.62. The number of benzene rings is 2.